The van der Waals surface area contributed by atoms with E-state index in [-0.39, 0.29) is 11.6 Å². The lowest BCUT2D eigenvalue weighted by atomic mass is 10.0. The molecule has 20 heavy (non-hydrogen) atoms. The molecule has 2 rings (SSSR count). The number of halogens is 1. The van der Waals surface area contributed by atoms with Crippen LogP contribution in [0.15, 0.2) is 24.3 Å². The summed E-state index contributed by atoms with van der Waals surface area (Å²) in [5.74, 6) is -0.0527. The Labute approximate surface area is 120 Å². The zero-order valence-electron chi connectivity index (χ0n) is 12.1. The zero-order valence-corrected chi connectivity index (χ0v) is 12.1. The van der Waals surface area contributed by atoms with Crippen LogP contribution in [0.5, 0.6) is 0 Å². The molecule has 3 nitrogen and oxygen atoms in total. The Hall–Kier alpha value is -1.26. The van der Waals surface area contributed by atoms with Crippen LogP contribution in [0.25, 0.3) is 0 Å². The van der Waals surface area contributed by atoms with Crippen LogP contribution in [-0.2, 0) is 11.2 Å². The number of hydrogen-bond acceptors (Lipinski definition) is 3. The number of carbonyl (C=O) groups is 1. The van der Waals surface area contributed by atoms with E-state index in [2.05, 4.69) is 17.1 Å². The Morgan fingerprint density at radius 3 is 2.55 bits per heavy atom. The SMILES string of the molecule is CCN(CC(=O)Cc1ccc(F)cc1)C1CCNCC1. The van der Waals surface area contributed by atoms with Gasteiger partial charge in [-0.05, 0) is 50.2 Å². The highest BCUT2D eigenvalue weighted by atomic mass is 19.1. The molecule has 0 radical (unpaired) electrons. The van der Waals surface area contributed by atoms with E-state index in [0.717, 1.165) is 38.0 Å². The van der Waals surface area contributed by atoms with E-state index in [4.69, 9.17) is 0 Å². The minimum atomic E-state index is -0.258. The highest BCUT2D eigenvalue weighted by Gasteiger charge is 2.21. The molecule has 1 heterocycles. The topological polar surface area (TPSA) is 32.3 Å². The first-order valence-corrected chi connectivity index (χ1v) is 7.40. The average molecular weight is 278 g/mol. The Kier molecular flexibility index (Phi) is 5.68. The molecule has 110 valence electrons. The van der Waals surface area contributed by atoms with Gasteiger partial charge in [-0.3, -0.25) is 9.69 Å². The van der Waals surface area contributed by atoms with Crippen LogP contribution in [-0.4, -0.2) is 42.9 Å². The second-order valence-electron chi connectivity index (χ2n) is 5.39. The van der Waals surface area contributed by atoms with Crippen molar-refractivity contribution in [3.05, 3.63) is 35.6 Å². The van der Waals surface area contributed by atoms with Crippen LogP contribution in [0, 0.1) is 5.82 Å². The standard InChI is InChI=1S/C16H23FN2O/c1-2-19(15-7-9-18-10-8-15)12-16(20)11-13-3-5-14(17)6-4-13/h3-6,15,18H,2,7-12H2,1H3. The first-order chi connectivity index (χ1) is 9.69. The molecular formula is C16H23FN2O. The van der Waals surface area contributed by atoms with E-state index < -0.39 is 0 Å². The van der Waals surface area contributed by atoms with Crippen molar-refractivity contribution in [3.8, 4) is 0 Å². The van der Waals surface area contributed by atoms with Crippen molar-refractivity contribution in [2.75, 3.05) is 26.2 Å². The third kappa shape index (κ3) is 4.39. The summed E-state index contributed by atoms with van der Waals surface area (Å²) < 4.78 is 12.8. The number of rotatable bonds is 6. The molecule has 0 saturated carbocycles. The molecular weight excluding hydrogens is 255 g/mol. The van der Waals surface area contributed by atoms with E-state index in [0.29, 0.717) is 19.0 Å². The number of Topliss-reactive ketones (excluding diaryl/α,β-unsaturated/α-hetero) is 1. The summed E-state index contributed by atoms with van der Waals surface area (Å²) >= 11 is 0. The second kappa shape index (κ2) is 7.50. The van der Waals surface area contributed by atoms with Gasteiger partial charge in [0.2, 0.25) is 0 Å². The van der Waals surface area contributed by atoms with Gasteiger partial charge in [-0.2, -0.15) is 0 Å². The lowest BCUT2D eigenvalue weighted by Gasteiger charge is -2.33. The Morgan fingerprint density at radius 1 is 1.30 bits per heavy atom. The minimum Gasteiger partial charge on any atom is -0.317 e. The summed E-state index contributed by atoms with van der Waals surface area (Å²) in [7, 11) is 0. The summed E-state index contributed by atoms with van der Waals surface area (Å²) in [6.45, 7) is 5.58. The van der Waals surface area contributed by atoms with Crippen molar-refractivity contribution < 1.29 is 9.18 Å². The maximum Gasteiger partial charge on any atom is 0.151 e. The first kappa shape index (κ1) is 15.1. The first-order valence-electron chi connectivity index (χ1n) is 7.40. The fraction of sp³-hybridized carbons (Fsp3) is 0.562. The van der Waals surface area contributed by atoms with Gasteiger partial charge in [0.25, 0.3) is 0 Å². The lowest BCUT2D eigenvalue weighted by Crippen LogP contribution is -2.45. The van der Waals surface area contributed by atoms with Crippen LogP contribution >= 0.6 is 0 Å². The van der Waals surface area contributed by atoms with Crippen LogP contribution in [0.3, 0.4) is 0 Å². The average Bonchev–Trinajstić information content (AvgIpc) is 2.48. The van der Waals surface area contributed by atoms with Crippen molar-refractivity contribution in [1.82, 2.24) is 10.2 Å². The summed E-state index contributed by atoms with van der Waals surface area (Å²) in [5, 5.41) is 3.35. The minimum absolute atomic E-state index is 0.206. The molecule has 0 unspecified atom stereocenters. The van der Waals surface area contributed by atoms with E-state index in [1.54, 1.807) is 12.1 Å². The molecule has 1 aliphatic rings. The van der Waals surface area contributed by atoms with Gasteiger partial charge in [0.1, 0.15) is 5.82 Å². The van der Waals surface area contributed by atoms with E-state index >= 15 is 0 Å². The van der Waals surface area contributed by atoms with Crippen LogP contribution < -0.4 is 5.32 Å². The number of nitrogens with zero attached hydrogens (tertiary/aromatic N) is 1. The fourth-order valence-electron chi connectivity index (χ4n) is 2.78. The second-order valence-corrected chi connectivity index (χ2v) is 5.39. The highest BCUT2D eigenvalue weighted by Crippen LogP contribution is 2.12. The predicted octanol–water partition coefficient (Wildman–Crippen LogP) is 2.01. The van der Waals surface area contributed by atoms with Gasteiger partial charge in [-0.25, -0.2) is 4.39 Å². The molecule has 0 bridgehead atoms. The number of ketones is 1. The van der Waals surface area contributed by atoms with Crippen molar-refractivity contribution in [2.45, 2.75) is 32.2 Å². The van der Waals surface area contributed by atoms with Gasteiger partial charge in [-0.15, -0.1) is 0 Å². The molecule has 1 saturated heterocycles. The highest BCUT2D eigenvalue weighted by molar-refractivity contribution is 5.82. The number of nitrogens with one attached hydrogen (secondary N) is 1. The number of piperidine rings is 1. The number of carbonyl (C=O) groups excluding carboxylic acids is 1. The molecule has 0 spiro atoms. The van der Waals surface area contributed by atoms with Crippen LogP contribution in [0.2, 0.25) is 0 Å². The Bertz CT molecular complexity index is 427. The normalized spacial score (nSPS) is 16.6. The van der Waals surface area contributed by atoms with Gasteiger partial charge in [0.15, 0.2) is 5.78 Å². The van der Waals surface area contributed by atoms with Gasteiger partial charge in [0, 0.05) is 12.5 Å². The summed E-state index contributed by atoms with van der Waals surface area (Å²) in [6.07, 6.45) is 2.61. The van der Waals surface area contributed by atoms with Gasteiger partial charge < -0.3 is 5.32 Å². The maximum absolute atomic E-state index is 12.8. The summed E-state index contributed by atoms with van der Waals surface area (Å²) in [4.78, 5) is 14.4. The third-order valence-electron chi connectivity index (χ3n) is 3.93. The molecule has 1 aromatic rings. The zero-order chi connectivity index (χ0) is 14.4. The number of likely N-dealkylation sites (N-methyl/N-ethyl adjacent to an activating group) is 1. The van der Waals surface area contributed by atoms with Gasteiger partial charge in [0.05, 0.1) is 6.54 Å². The number of benzene rings is 1. The van der Waals surface area contributed by atoms with Crippen molar-refractivity contribution in [3.63, 3.8) is 0 Å². The predicted molar refractivity (Wildman–Crippen MR) is 78.2 cm³/mol. The van der Waals surface area contributed by atoms with Crippen molar-refractivity contribution in [2.24, 2.45) is 0 Å². The summed E-state index contributed by atoms with van der Waals surface area (Å²) in [5.41, 5.74) is 0.887. The van der Waals surface area contributed by atoms with Gasteiger partial charge in [-0.1, -0.05) is 19.1 Å². The third-order valence-corrected chi connectivity index (χ3v) is 3.93. The molecule has 1 fully saturated rings. The molecule has 0 aromatic heterocycles. The molecule has 1 N–H and O–H groups in total. The Balaban J connectivity index is 1.86. The molecule has 1 aliphatic heterocycles. The van der Waals surface area contributed by atoms with E-state index in [9.17, 15) is 9.18 Å². The quantitative estimate of drug-likeness (QED) is 0.864. The molecule has 1 aromatic carbocycles. The van der Waals surface area contributed by atoms with Crippen LogP contribution in [0.4, 0.5) is 4.39 Å². The number of hydrogen-bond donors (Lipinski definition) is 1. The molecule has 0 aliphatic carbocycles. The lowest BCUT2D eigenvalue weighted by molar-refractivity contribution is -0.120. The molecule has 4 heteroatoms. The monoisotopic (exact) mass is 278 g/mol. The van der Waals surface area contributed by atoms with E-state index in [1.807, 2.05) is 0 Å². The van der Waals surface area contributed by atoms with Crippen molar-refractivity contribution in [1.29, 1.82) is 0 Å². The fourth-order valence-corrected chi connectivity index (χ4v) is 2.78. The maximum atomic E-state index is 12.8. The largest absolute Gasteiger partial charge is 0.317 e. The van der Waals surface area contributed by atoms with Gasteiger partial charge >= 0.3 is 0 Å². The van der Waals surface area contributed by atoms with Crippen molar-refractivity contribution >= 4 is 5.78 Å². The summed E-state index contributed by atoms with van der Waals surface area (Å²) in [6, 6.07) is 6.71. The van der Waals surface area contributed by atoms with Crippen LogP contribution in [0.1, 0.15) is 25.3 Å². The van der Waals surface area contributed by atoms with E-state index in [1.165, 1.54) is 12.1 Å². The Morgan fingerprint density at radius 2 is 1.95 bits per heavy atom. The smallest absolute Gasteiger partial charge is 0.151 e. The molecule has 0 amide bonds. The molecule has 0 atom stereocenters.